The van der Waals surface area contributed by atoms with E-state index in [1.54, 1.807) is 11.8 Å². The van der Waals surface area contributed by atoms with E-state index in [1.807, 2.05) is 24.4 Å². The Bertz CT molecular complexity index is 727. The number of imidazole rings is 1. The molecule has 3 aromatic heterocycles. The topological polar surface area (TPSA) is 48.0 Å². The van der Waals surface area contributed by atoms with E-state index in [-0.39, 0.29) is 0 Å². The Balaban J connectivity index is 1.53. The minimum Gasteiger partial charge on any atom is -0.307 e. The van der Waals surface area contributed by atoms with Crippen molar-refractivity contribution in [2.24, 2.45) is 0 Å². The van der Waals surface area contributed by atoms with Gasteiger partial charge in [0.2, 0.25) is 0 Å². The molecule has 6 heteroatoms. The summed E-state index contributed by atoms with van der Waals surface area (Å²) in [6.45, 7) is 1.05. The molecule has 0 bridgehead atoms. The van der Waals surface area contributed by atoms with Crippen LogP contribution in [0.2, 0.25) is 0 Å². The molecule has 0 saturated heterocycles. The van der Waals surface area contributed by atoms with Crippen LogP contribution in [-0.4, -0.2) is 24.1 Å². The van der Waals surface area contributed by atoms with Crippen LogP contribution in [0.4, 0.5) is 0 Å². The van der Waals surface area contributed by atoms with E-state index in [0.717, 1.165) is 41.0 Å². The molecular formula is C15H17N5S. The van der Waals surface area contributed by atoms with E-state index >= 15 is 0 Å². The molecule has 21 heavy (non-hydrogen) atoms. The fourth-order valence-corrected chi connectivity index (χ4v) is 3.63. The molecule has 0 fully saturated rings. The maximum absolute atomic E-state index is 4.63. The zero-order valence-corrected chi connectivity index (χ0v) is 12.6. The van der Waals surface area contributed by atoms with Crippen molar-refractivity contribution in [3.63, 3.8) is 0 Å². The number of hydrogen-bond donors (Lipinski definition) is 0. The van der Waals surface area contributed by atoms with Gasteiger partial charge in [-0.2, -0.15) is 0 Å². The normalized spacial score (nSPS) is 15.0. The summed E-state index contributed by atoms with van der Waals surface area (Å²) < 4.78 is 4.34. The third kappa shape index (κ3) is 2.55. The van der Waals surface area contributed by atoms with E-state index in [9.17, 15) is 0 Å². The quantitative estimate of drug-likeness (QED) is 0.698. The van der Waals surface area contributed by atoms with Crippen LogP contribution in [-0.2, 0) is 18.7 Å². The highest BCUT2D eigenvalue weighted by atomic mass is 32.2. The lowest BCUT2D eigenvalue weighted by Crippen LogP contribution is -2.02. The lowest BCUT2D eigenvalue weighted by molar-refractivity contribution is 0.591. The molecule has 0 N–H and O–H groups in total. The van der Waals surface area contributed by atoms with Gasteiger partial charge < -0.3 is 8.97 Å². The number of pyridine rings is 1. The van der Waals surface area contributed by atoms with Gasteiger partial charge in [-0.15, -0.1) is 10.2 Å². The highest BCUT2D eigenvalue weighted by molar-refractivity contribution is 7.98. The van der Waals surface area contributed by atoms with E-state index in [1.165, 1.54) is 19.3 Å². The van der Waals surface area contributed by atoms with Crippen molar-refractivity contribution in [3.05, 3.63) is 42.1 Å². The van der Waals surface area contributed by atoms with E-state index < -0.39 is 0 Å². The second-order valence-corrected chi connectivity index (χ2v) is 6.29. The van der Waals surface area contributed by atoms with Crippen molar-refractivity contribution in [3.8, 4) is 0 Å². The summed E-state index contributed by atoms with van der Waals surface area (Å²) in [6, 6.07) is 6.05. The molecule has 0 unspecified atom stereocenters. The maximum Gasteiger partial charge on any atom is 0.191 e. The first-order valence-electron chi connectivity index (χ1n) is 7.38. The molecule has 1 aliphatic rings. The van der Waals surface area contributed by atoms with Crippen LogP contribution in [0.25, 0.3) is 5.65 Å². The summed E-state index contributed by atoms with van der Waals surface area (Å²) in [5, 5.41) is 9.72. The van der Waals surface area contributed by atoms with Gasteiger partial charge in [0.1, 0.15) is 11.5 Å². The molecule has 0 aromatic carbocycles. The van der Waals surface area contributed by atoms with Crippen molar-refractivity contribution in [2.75, 3.05) is 0 Å². The molecule has 0 saturated carbocycles. The molecule has 0 radical (unpaired) electrons. The van der Waals surface area contributed by atoms with E-state index in [4.69, 9.17) is 0 Å². The van der Waals surface area contributed by atoms with Gasteiger partial charge in [-0.05, 0) is 25.0 Å². The summed E-state index contributed by atoms with van der Waals surface area (Å²) in [5.41, 5.74) is 2.07. The van der Waals surface area contributed by atoms with Crippen LogP contribution in [0.15, 0.2) is 35.7 Å². The Kier molecular flexibility index (Phi) is 3.39. The summed E-state index contributed by atoms with van der Waals surface area (Å²) >= 11 is 1.73. The summed E-state index contributed by atoms with van der Waals surface area (Å²) in [6.07, 6.45) is 8.92. The molecule has 3 aromatic rings. The van der Waals surface area contributed by atoms with E-state index in [0.29, 0.717) is 0 Å². The Morgan fingerprint density at radius 2 is 2.14 bits per heavy atom. The average Bonchev–Trinajstić information content (AvgIpc) is 3.01. The van der Waals surface area contributed by atoms with Crippen LogP contribution in [0, 0.1) is 0 Å². The van der Waals surface area contributed by atoms with Crippen LogP contribution in [0.3, 0.4) is 0 Å². The highest BCUT2D eigenvalue weighted by Gasteiger charge is 2.15. The smallest absolute Gasteiger partial charge is 0.191 e. The van der Waals surface area contributed by atoms with Crippen molar-refractivity contribution in [1.29, 1.82) is 0 Å². The monoisotopic (exact) mass is 299 g/mol. The lowest BCUT2D eigenvalue weighted by atomic mass is 10.2. The Hall–Kier alpha value is -1.82. The standard InChI is InChI=1S/C15H17N5S/c1-2-7-14-17-18-15(20(14)9-4-1)21-11-12-10-19-8-5-3-6-13(19)16-12/h3,5-6,8,10H,1-2,4,7,9,11H2. The van der Waals surface area contributed by atoms with Gasteiger partial charge in [0, 0.05) is 31.1 Å². The third-order valence-electron chi connectivity index (χ3n) is 3.84. The van der Waals surface area contributed by atoms with Crippen LogP contribution in [0.5, 0.6) is 0 Å². The van der Waals surface area contributed by atoms with Crippen molar-refractivity contribution >= 4 is 17.4 Å². The zero-order valence-electron chi connectivity index (χ0n) is 11.8. The number of aryl methyl sites for hydroxylation is 1. The predicted molar refractivity (Wildman–Crippen MR) is 82.3 cm³/mol. The van der Waals surface area contributed by atoms with Gasteiger partial charge in [-0.3, -0.25) is 0 Å². The number of rotatable bonds is 3. The molecular weight excluding hydrogens is 282 g/mol. The first kappa shape index (κ1) is 12.9. The number of thioether (sulfide) groups is 1. The molecule has 5 nitrogen and oxygen atoms in total. The molecule has 0 aliphatic carbocycles. The number of nitrogens with zero attached hydrogens (tertiary/aromatic N) is 5. The first-order valence-corrected chi connectivity index (χ1v) is 8.36. The Morgan fingerprint density at radius 1 is 1.14 bits per heavy atom. The minimum absolute atomic E-state index is 0.833. The Morgan fingerprint density at radius 3 is 3.10 bits per heavy atom. The molecule has 1 aliphatic heterocycles. The molecule has 4 rings (SSSR count). The van der Waals surface area contributed by atoms with Gasteiger partial charge in [-0.25, -0.2) is 4.98 Å². The van der Waals surface area contributed by atoms with Gasteiger partial charge in [0.25, 0.3) is 0 Å². The SMILES string of the molecule is c1ccn2cc(CSc3nnc4n3CCCCC4)nc2c1. The Labute approximate surface area is 127 Å². The maximum atomic E-state index is 4.63. The van der Waals surface area contributed by atoms with Crippen molar-refractivity contribution in [2.45, 2.75) is 43.1 Å². The van der Waals surface area contributed by atoms with Crippen LogP contribution < -0.4 is 0 Å². The fourth-order valence-electron chi connectivity index (χ4n) is 2.76. The third-order valence-corrected chi connectivity index (χ3v) is 4.84. The van der Waals surface area contributed by atoms with Gasteiger partial charge >= 0.3 is 0 Å². The molecule has 0 amide bonds. The summed E-state index contributed by atoms with van der Waals surface area (Å²) in [5.74, 6) is 1.98. The fraction of sp³-hybridized carbons (Fsp3) is 0.400. The second kappa shape index (κ2) is 5.52. The van der Waals surface area contributed by atoms with Gasteiger partial charge in [0.15, 0.2) is 5.16 Å². The lowest BCUT2D eigenvalue weighted by Gasteiger charge is -2.05. The first-order chi connectivity index (χ1) is 10.4. The average molecular weight is 299 g/mol. The predicted octanol–water partition coefficient (Wildman–Crippen LogP) is 2.94. The van der Waals surface area contributed by atoms with Crippen LogP contribution >= 0.6 is 11.8 Å². The van der Waals surface area contributed by atoms with Crippen molar-refractivity contribution < 1.29 is 0 Å². The molecule has 108 valence electrons. The summed E-state index contributed by atoms with van der Waals surface area (Å²) in [7, 11) is 0. The molecule has 0 spiro atoms. The summed E-state index contributed by atoms with van der Waals surface area (Å²) in [4.78, 5) is 4.63. The number of fused-ring (bicyclic) bond motifs is 2. The van der Waals surface area contributed by atoms with Crippen LogP contribution in [0.1, 0.15) is 30.8 Å². The van der Waals surface area contributed by atoms with Gasteiger partial charge in [-0.1, -0.05) is 24.2 Å². The van der Waals surface area contributed by atoms with E-state index in [2.05, 4.69) is 30.3 Å². The largest absolute Gasteiger partial charge is 0.307 e. The number of aromatic nitrogens is 5. The highest BCUT2D eigenvalue weighted by Crippen LogP contribution is 2.24. The molecule has 4 heterocycles. The van der Waals surface area contributed by atoms with Crippen molar-refractivity contribution in [1.82, 2.24) is 24.1 Å². The minimum atomic E-state index is 0.833. The molecule has 0 atom stereocenters. The second-order valence-electron chi connectivity index (χ2n) is 5.35. The zero-order chi connectivity index (χ0) is 14.1. The van der Waals surface area contributed by atoms with Gasteiger partial charge in [0.05, 0.1) is 5.69 Å². The number of hydrogen-bond acceptors (Lipinski definition) is 4.